The Hall–Kier alpha value is -2.49. The zero-order valence-corrected chi connectivity index (χ0v) is 13.8. The third kappa shape index (κ3) is 3.83. The molecule has 1 saturated heterocycles. The second kappa shape index (κ2) is 7.18. The fourth-order valence-corrected chi connectivity index (χ4v) is 2.84. The number of piperazine rings is 1. The van der Waals surface area contributed by atoms with E-state index in [2.05, 4.69) is 58.3 Å². The van der Waals surface area contributed by atoms with Crippen LogP contribution in [0.1, 0.15) is 11.1 Å². The summed E-state index contributed by atoms with van der Waals surface area (Å²) in [6.45, 7) is 5.83. The summed E-state index contributed by atoms with van der Waals surface area (Å²) in [5.41, 5.74) is 3.57. The molecule has 0 amide bonds. The third-order valence-corrected chi connectivity index (χ3v) is 4.09. The molecule has 2 aromatic rings. The minimum Gasteiger partial charge on any atom is -0.495 e. The molecule has 0 unspecified atom stereocenters. The van der Waals surface area contributed by atoms with Crippen molar-refractivity contribution in [3.8, 4) is 5.75 Å². The van der Waals surface area contributed by atoms with Crippen molar-refractivity contribution in [3.05, 3.63) is 59.7 Å². The number of rotatable bonds is 4. The number of anilines is 1. The van der Waals surface area contributed by atoms with Crippen molar-refractivity contribution < 1.29 is 4.74 Å². The predicted molar refractivity (Wildman–Crippen MR) is 95.6 cm³/mol. The quantitative estimate of drug-likeness (QED) is 0.812. The number of aryl methyl sites for hydroxylation is 1. The van der Waals surface area contributed by atoms with E-state index in [1.807, 2.05) is 18.3 Å². The van der Waals surface area contributed by atoms with Crippen LogP contribution in [-0.2, 0) is 0 Å². The third-order valence-electron chi connectivity index (χ3n) is 4.09. The highest BCUT2D eigenvalue weighted by Gasteiger charge is 2.18. The minimum atomic E-state index is 0.917. The zero-order valence-electron chi connectivity index (χ0n) is 13.8. The topological polar surface area (TPSA) is 28.1 Å². The number of hydrogen-bond acceptors (Lipinski definition) is 4. The van der Waals surface area contributed by atoms with Gasteiger partial charge in [0.05, 0.1) is 32.1 Å². The average Bonchev–Trinajstić information content (AvgIpc) is 2.60. The molecule has 0 atom stereocenters. The summed E-state index contributed by atoms with van der Waals surface area (Å²) in [4.78, 5) is 2.36. The van der Waals surface area contributed by atoms with Crippen LogP contribution in [0, 0.1) is 6.92 Å². The first-order valence-corrected chi connectivity index (χ1v) is 8.00. The van der Waals surface area contributed by atoms with Gasteiger partial charge in [-0.25, -0.2) is 0 Å². The number of nitrogens with zero attached hydrogens (tertiary/aromatic N) is 3. The standard InChI is InChI=1S/C19H23N3O/c1-16-6-5-7-17(14-16)15-20-22-12-10-21(11-13-22)18-8-3-4-9-19(18)23-2/h3-9,14-15H,10-13H2,1-2H3. The lowest BCUT2D eigenvalue weighted by Gasteiger charge is -2.35. The van der Waals surface area contributed by atoms with E-state index in [0.717, 1.165) is 43.2 Å². The highest BCUT2D eigenvalue weighted by atomic mass is 16.5. The van der Waals surface area contributed by atoms with Crippen LogP contribution in [0.3, 0.4) is 0 Å². The summed E-state index contributed by atoms with van der Waals surface area (Å²) in [6.07, 6.45) is 1.95. The summed E-state index contributed by atoms with van der Waals surface area (Å²) >= 11 is 0. The van der Waals surface area contributed by atoms with E-state index in [1.165, 1.54) is 5.56 Å². The Morgan fingerprint density at radius 1 is 1.00 bits per heavy atom. The highest BCUT2D eigenvalue weighted by Crippen LogP contribution is 2.28. The van der Waals surface area contributed by atoms with Gasteiger partial charge in [-0.05, 0) is 24.6 Å². The van der Waals surface area contributed by atoms with Crippen molar-refractivity contribution in [3.63, 3.8) is 0 Å². The number of hydrazone groups is 1. The molecule has 3 rings (SSSR count). The second-order valence-electron chi connectivity index (χ2n) is 5.77. The van der Waals surface area contributed by atoms with Crippen LogP contribution in [0.5, 0.6) is 5.75 Å². The fourth-order valence-electron chi connectivity index (χ4n) is 2.84. The molecule has 0 radical (unpaired) electrons. The van der Waals surface area contributed by atoms with Gasteiger partial charge < -0.3 is 9.64 Å². The number of benzene rings is 2. The molecule has 1 aliphatic rings. The molecular weight excluding hydrogens is 286 g/mol. The summed E-state index contributed by atoms with van der Waals surface area (Å²) in [5, 5.41) is 6.75. The smallest absolute Gasteiger partial charge is 0.142 e. The minimum absolute atomic E-state index is 0.917. The maximum Gasteiger partial charge on any atom is 0.142 e. The molecule has 23 heavy (non-hydrogen) atoms. The van der Waals surface area contributed by atoms with Gasteiger partial charge in [0, 0.05) is 13.1 Å². The van der Waals surface area contributed by atoms with Crippen LogP contribution >= 0.6 is 0 Å². The van der Waals surface area contributed by atoms with Crippen LogP contribution in [0.15, 0.2) is 53.6 Å². The maximum atomic E-state index is 5.46. The molecule has 2 aromatic carbocycles. The van der Waals surface area contributed by atoms with E-state index in [0.29, 0.717) is 0 Å². The largest absolute Gasteiger partial charge is 0.495 e. The molecule has 1 fully saturated rings. The fraction of sp³-hybridized carbons (Fsp3) is 0.316. The first kappa shape index (κ1) is 15.4. The number of methoxy groups -OCH3 is 1. The zero-order chi connectivity index (χ0) is 16.1. The van der Waals surface area contributed by atoms with Gasteiger partial charge in [-0.3, -0.25) is 5.01 Å². The van der Waals surface area contributed by atoms with Gasteiger partial charge in [0.1, 0.15) is 5.75 Å². The highest BCUT2D eigenvalue weighted by molar-refractivity contribution is 5.79. The maximum absolute atomic E-state index is 5.46. The molecule has 0 bridgehead atoms. The SMILES string of the molecule is COc1ccccc1N1CCN(N=Cc2cccc(C)c2)CC1. The van der Waals surface area contributed by atoms with Gasteiger partial charge in [-0.15, -0.1) is 0 Å². The van der Waals surface area contributed by atoms with E-state index in [-0.39, 0.29) is 0 Å². The van der Waals surface area contributed by atoms with E-state index in [4.69, 9.17) is 4.74 Å². The van der Waals surface area contributed by atoms with Crippen molar-refractivity contribution >= 4 is 11.9 Å². The second-order valence-corrected chi connectivity index (χ2v) is 5.77. The van der Waals surface area contributed by atoms with E-state index in [1.54, 1.807) is 7.11 Å². The Morgan fingerprint density at radius 2 is 1.78 bits per heavy atom. The Labute approximate surface area is 138 Å². The van der Waals surface area contributed by atoms with Crippen LogP contribution in [0.25, 0.3) is 0 Å². The van der Waals surface area contributed by atoms with Crippen LogP contribution in [0.2, 0.25) is 0 Å². The summed E-state index contributed by atoms with van der Waals surface area (Å²) in [6, 6.07) is 16.6. The van der Waals surface area contributed by atoms with Crippen molar-refractivity contribution in [1.82, 2.24) is 5.01 Å². The Balaban J connectivity index is 1.60. The molecule has 120 valence electrons. The van der Waals surface area contributed by atoms with Crippen LogP contribution < -0.4 is 9.64 Å². The van der Waals surface area contributed by atoms with Crippen molar-refractivity contribution in [2.45, 2.75) is 6.92 Å². The van der Waals surface area contributed by atoms with Crippen LogP contribution in [-0.4, -0.2) is 44.5 Å². The molecule has 0 aliphatic carbocycles. The molecule has 0 aromatic heterocycles. The van der Waals surface area contributed by atoms with Crippen molar-refractivity contribution in [1.29, 1.82) is 0 Å². The molecule has 0 spiro atoms. The molecular formula is C19H23N3O. The van der Waals surface area contributed by atoms with Gasteiger partial charge in [-0.2, -0.15) is 5.10 Å². The molecule has 1 heterocycles. The molecule has 1 aliphatic heterocycles. The monoisotopic (exact) mass is 309 g/mol. The van der Waals surface area contributed by atoms with Gasteiger partial charge in [-0.1, -0.05) is 42.0 Å². The van der Waals surface area contributed by atoms with E-state index < -0.39 is 0 Å². The number of hydrogen-bond donors (Lipinski definition) is 0. The average molecular weight is 309 g/mol. The van der Waals surface area contributed by atoms with E-state index >= 15 is 0 Å². The summed E-state index contributed by atoms with van der Waals surface area (Å²) < 4.78 is 5.46. The molecule has 4 heteroatoms. The lowest BCUT2D eigenvalue weighted by Crippen LogP contribution is -2.44. The lowest BCUT2D eigenvalue weighted by molar-refractivity contribution is 0.271. The summed E-state index contributed by atoms with van der Waals surface area (Å²) in [5.74, 6) is 0.934. The predicted octanol–water partition coefficient (Wildman–Crippen LogP) is 3.16. The van der Waals surface area contributed by atoms with Gasteiger partial charge in [0.15, 0.2) is 0 Å². The number of ether oxygens (including phenoxy) is 1. The van der Waals surface area contributed by atoms with Crippen LogP contribution in [0.4, 0.5) is 5.69 Å². The van der Waals surface area contributed by atoms with E-state index in [9.17, 15) is 0 Å². The van der Waals surface area contributed by atoms with Gasteiger partial charge in [0.25, 0.3) is 0 Å². The molecule has 0 saturated carbocycles. The lowest BCUT2D eigenvalue weighted by atomic mass is 10.2. The Bertz CT molecular complexity index is 676. The first-order valence-electron chi connectivity index (χ1n) is 8.00. The van der Waals surface area contributed by atoms with Crippen molar-refractivity contribution in [2.24, 2.45) is 5.10 Å². The molecule has 4 nitrogen and oxygen atoms in total. The molecule has 0 N–H and O–H groups in total. The first-order chi connectivity index (χ1) is 11.3. The van der Waals surface area contributed by atoms with Gasteiger partial charge in [0.2, 0.25) is 0 Å². The Kier molecular flexibility index (Phi) is 4.81. The van der Waals surface area contributed by atoms with Gasteiger partial charge >= 0.3 is 0 Å². The normalized spacial score (nSPS) is 15.2. The van der Waals surface area contributed by atoms with Crippen molar-refractivity contribution in [2.75, 3.05) is 38.2 Å². The summed E-state index contributed by atoms with van der Waals surface area (Å²) in [7, 11) is 1.72. The Morgan fingerprint density at radius 3 is 2.52 bits per heavy atom. The number of para-hydroxylation sites is 2.